The molecule has 0 amide bonds. The fourth-order valence-electron chi connectivity index (χ4n) is 2.78. The lowest BCUT2D eigenvalue weighted by Crippen LogP contribution is -2.34. The van der Waals surface area contributed by atoms with Gasteiger partial charge in [-0.3, -0.25) is 4.72 Å². The molecule has 0 radical (unpaired) electrons. The van der Waals surface area contributed by atoms with Crippen LogP contribution >= 0.6 is 0 Å². The molecule has 4 rings (SSSR count). The lowest BCUT2D eigenvalue weighted by molar-refractivity contribution is 0.483. The minimum atomic E-state index is -3.50. The first kappa shape index (κ1) is 15.7. The van der Waals surface area contributed by atoms with Crippen molar-refractivity contribution < 1.29 is 13.2 Å². The van der Waals surface area contributed by atoms with Crippen molar-refractivity contribution in [1.82, 2.24) is 4.72 Å². The number of fused-ring (bicyclic) bond motifs is 1. The molecular weight excluding hydrogens is 336 g/mol. The molecule has 1 aliphatic heterocycles. The molecule has 0 saturated heterocycles. The minimum absolute atomic E-state index is 0.285. The van der Waals surface area contributed by atoms with E-state index >= 15 is 0 Å². The summed E-state index contributed by atoms with van der Waals surface area (Å²) in [6, 6.07) is 22.9. The van der Waals surface area contributed by atoms with E-state index in [1.807, 2.05) is 72.8 Å². The molecule has 3 aromatic rings. The van der Waals surface area contributed by atoms with Gasteiger partial charge in [0.1, 0.15) is 11.5 Å². The van der Waals surface area contributed by atoms with E-state index in [9.17, 15) is 8.42 Å². The fourth-order valence-corrected chi connectivity index (χ4v) is 3.71. The van der Waals surface area contributed by atoms with Gasteiger partial charge in [0.25, 0.3) is 10.2 Å². The Kier molecular flexibility index (Phi) is 3.91. The van der Waals surface area contributed by atoms with E-state index < -0.39 is 10.2 Å². The summed E-state index contributed by atoms with van der Waals surface area (Å²) in [6.45, 7) is 0.285. The molecule has 1 heterocycles. The van der Waals surface area contributed by atoms with Gasteiger partial charge in [0, 0.05) is 12.1 Å². The van der Waals surface area contributed by atoms with E-state index in [4.69, 9.17) is 4.74 Å². The van der Waals surface area contributed by atoms with Gasteiger partial charge in [0.05, 0.1) is 5.69 Å². The number of hydrogen-bond acceptors (Lipinski definition) is 3. The van der Waals surface area contributed by atoms with Gasteiger partial charge in [-0.1, -0.05) is 48.5 Å². The normalized spacial score (nSPS) is 15.0. The number of benzene rings is 3. The standard InChI is InChI=1S/C19H16N2O3S/c22-25(23)20-13-15-5-4-8-18(19(15)21-25)14-9-11-17(12-10-14)24-16-6-2-1-3-7-16/h1-12,20-21H,13H2. The van der Waals surface area contributed by atoms with Crippen LogP contribution in [0.5, 0.6) is 11.5 Å². The summed E-state index contributed by atoms with van der Waals surface area (Å²) in [4.78, 5) is 0. The zero-order chi connectivity index (χ0) is 17.3. The van der Waals surface area contributed by atoms with Crippen molar-refractivity contribution in [3.8, 4) is 22.6 Å². The van der Waals surface area contributed by atoms with E-state index in [0.717, 1.165) is 28.2 Å². The van der Waals surface area contributed by atoms with Crippen LogP contribution in [0, 0.1) is 0 Å². The van der Waals surface area contributed by atoms with Gasteiger partial charge in [0.2, 0.25) is 0 Å². The maximum Gasteiger partial charge on any atom is 0.299 e. The molecule has 0 spiro atoms. The SMILES string of the molecule is O=S1(=O)NCc2cccc(-c3ccc(Oc4ccccc4)cc3)c2N1. The monoisotopic (exact) mass is 352 g/mol. The number of anilines is 1. The molecule has 2 N–H and O–H groups in total. The van der Waals surface area contributed by atoms with Crippen LogP contribution in [-0.2, 0) is 16.8 Å². The summed E-state index contributed by atoms with van der Waals surface area (Å²) in [6.07, 6.45) is 0. The van der Waals surface area contributed by atoms with Gasteiger partial charge in [-0.25, -0.2) is 0 Å². The summed E-state index contributed by atoms with van der Waals surface area (Å²) < 4.78 is 34.5. The number of ether oxygens (including phenoxy) is 1. The molecule has 0 atom stereocenters. The highest BCUT2D eigenvalue weighted by molar-refractivity contribution is 7.90. The average molecular weight is 352 g/mol. The van der Waals surface area contributed by atoms with E-state index in [1.54, 1.807) is 0 Å². The smallest absolute Gasteiger partial charge is 0.299 e. The first-order valence-electron chi connectivity index (χ1n) is 7.83. The van der Waals surface area contributed by atoms with Crippen molar-refractivity contribution in [2.45, 2.75) is 6.54 Å². The van der Waals surface area contributed by atoms with Crippen LogP contribution in [0.3, 0.4) is 0 Å². The van der Waals surface area contributed by atoms with Gasteiger partial charge in [-0.15, -0.1) is 0 Å². The van der Waals surface area contributed by atoms with Gasteiger partial charge in [-0.2, -0.15) is 13.1 Å². The van der Waals surface area contributed by atoms with Crippen molar-refractivity contribution in [2.24, 2.45) is 0 Å². The van der Waals surface area contributed by atoms with Crippen LogP contribution in [0.1, 0.15) is 5.56 Å². The Hall–Kier alpha value is -2.83. The summed E-state index contributed by atoms with van der Waals surface area (Å²) in [7, 11) is -3.50. The molecule has 0 unspecified atom stereocenters. The van der Waals surface area contributed by atoms with E-state index in [0.29, 0.717) is 5.69 Å². The van der Waals surface area contributed by atoms with Crippen LogP contribution in [-0.4, -0.2) is 8.42 Å². The van der Waals surface area contributed by atoms with E-state index in [-0.39, 0.29) is 6.54 Å². The third kappa shape index (κ3) is 3.35. The van der Waals surface area contributed by atoms with Crippen LogP contribution in [0.2, 0.25) is 0 Å². The molecule has 0 saturated carbocycles. The van der Waals surface area contributed by atoms with Crippen LogP contribution in [0.25, 0.3) is 11.1 Å². The lowest BCUT2D eigenvalue weighted by Gasteiger charge is -2.22. The fraction of sp³-hybridized carbons (Fsp3) is 0.0526. The van der Waals surface area contributed by atoms with Crippen LogP contribution < -0.4 is 14.2 Å². The molecule has 0 bridgehead atoms. The Labute approximate surface area is 146 Å². The molecule has 0 aliphatic carbocycles. The molecule has 25 heavy (non-hydrogen) atoms. The predicted octanol–water partition coefficient (Wildman–Crippen LogP) is 3.91. The van der Waals surface area contributed by atoms with Crippen molar-refractivity contribution >= 4 is 15.9 Å². The second-order valence-electron chi connectivity index (χ2n) is 5.71. The van der Waals surface area contributed by atoms with Crippen LogP contribution in [0.4, 0.5) is 5.69 Å². The maximum absolute atomic E-state index is 11.8. The Balaban J connectivity index is 1.65. The zero-order valence-corrected chi connectivity index (χ0v) is 14.1. The number of nitrogens with one attached hydrogen (secondary N) is 2. The minimum Gasteiger partial charge on any atom is -0.457 e. The van der Waals surface area contributed by atoms with Crippen LogP contribution in [0.15, 0.2) is 72.8 Å². The Morgan fingerprint density at radius 2 is 1.52 bits per heavy atom. The first-order valence-corrected chi connectivity index (χ1v) is 9.32. The number of para-hydroxylation sites is 2. The average Bonchev–Trinajstić information content (AvgIpc) is 2.62. The van der Waals surface area contributed by atoms with Gasteiger partial charge < -0.3 is 4.74 Å². The zero-order valence-electron chi connectivity index (χ0n) is 13.3. The maximum atomic E-state index is 11.8. The van der Waals surface area contributed by atoms with Crippen molar-refractivity contribution in [3.05, 3.63) is 78.4 Å². The molecule has 6 heteroatoms. The predicted molar refractivity (Wildman–Crippen MR) is 97.8 cm³/mol. The molecule has 1 aliphatic rings. The molecule has 126 valence electrons. The molecule has 5 nitrogen and oxygen atoms in total. The third-order valence-electron chi connectivity index (χ3n) is 3.98. The summed E-state index contributed by atoms with van der Waals surface area (Å²) in [5.74, 6) is 1.49. The molecule has 0 fully saturated rings. The molecule has 0 aromatic heterocycles. The van der Waals surface area contributed by atoms with Gasteiger partial charge in [0.15, 0.2) is 0 Å². The Bertz CT molecular complexity index is 1000. The Morgan fingerprint density at radius 3 is 2.28 bits per heavy atom. The van der Waals surface area contributed by atoms with Gasteiger partial charge in [-0.05, 0) is 35.4 Å². The third-order valence-corrected chi connectivity index (χ3v) is 4.98. The van der Waals surface area contributed by atoms with Crippen molar-refractivity contribution in [2.75, 3.05) is 4.72 Å². The highest BCUT2D eigenvalue weighted by atomic mass is 32.2. The quantitative estimate of drug-likeness (QED) is 0.751. The first-order chi connectivity index (χ1) is 12.1. The van der Waals surface area contributed by atoms with Crippen molar-refractivity contribution in [1.29, 1.82) is 0 Å². The largest absolute Gasteiger partial charge is 0.457 e. The number of rotatable bonds is 3. The Morgan fingerprint density at radius 1 is 0.800 bits per heavy atom. The molecule has 3 aromatic carbocycles. The summed E-state index contributed by atoms with van der Waals surface area (Å²) in [5.41, 5.74) is 3.30. The van der Waals surface area contributed by atoms with E-state index in [2.05, 4.69) is 9.44 Å². The number of hydrogen-bond donors (Lipinski definition) is 2. The second kappa shape index (κ2) is 6.23. The topological polar surface area (TPSA) is 67.4 Å². The van der Waals surface area contributed by atoms with E-state index in [1.165, 1.54) is 0 Å². The summed E-state index contributed by atoms with van der Waals surface area (Å²) >= 11 is 0. The lowest BCUT2D eigenvalue weighted by atomic mass is 10.0. The van der Waals surface area contributed by atoms with Crippen molar-refractivity contribution in [3.63, 3.8) is 0 Å². The second-order valence-corrected chi connectivity index (χ2v) is 7.21. The van der Waals surface area contributed by atoms with Gasteiger partial charge >= 0.3 is 0 Å². The summed E-state index contributed by atoms with van der Waals surface area (Å²) in [5, 5.41) is 0. The highest BCUT2D eigenvalue weighted by Gasteiger charge is 2.22. The molecular formula is C19H16N2O3S. The highest BCUT2D eigenvalue weighted by Crippen LogP contribution is 2.34.